The van der Waals surface area contributed by atoms with Crippen LogP contribution >= 0.6 is 12.4 Å². The second-order valence-electron chi connectivity index (χ2n) is 4.78. The maximum atomic E-state index is 13.5. The van der Waals surface area contributed by atoms with E-state index < -0.39 is 0 Å². The Balaban J connectivity index is 0.00000400. The van der Waals surface area contributed by atoms with E-state index in [1.165, 1.54) is 6.07 Å². The van der Waals surface area contributed by atoms with E-state index in [-0.39, 0.29) is 41.9 Å². The molecular weight excluding hydrogens is 295 g/mol. The predicted octanol–water partition coefficient (Wildman–Crippen LogP) is 2.38. The second-order valence-corrected chi connectivity index (χ2v) is 4.78. The Morgan fingerprint density at radius 2 is 2.00 bits per heavy atom. The van der Waals surface area contributed by atoms with Gasteiger partial charge in [-0.05, 0) is 25.6 Å². The fourth-order valence-corrected chi connectivity index (χ4v) is 1.78. The zero-order chi connectivity index (χ0) is 15.0. The molecule has 0 bridgehead atoms. The van der Waals surface area contributed by atoms with Gasteiger partial charge < -0.3 is 15.4 Å². The van der Waals surface area contributed by atoms with Crippen LogP contribution < -0.4 is 15.4 Å². The zero-order valence-electron chi connectivity index (χ0n) is 12.7. The van der Waals surface area contributed by atoms with E-state index in [0.717, 1.165) is 0 Å². The lowest BCUT2D eigenvalue weighted by atomic mass is 10.1. The lowest BCUT2D eigenvalue weighted by Crippen LogP contribution is -2.40. The van der Waals surface area contributed by atoms with Gasteiger partial charge in [-0.1, -0.05) is 26.0 Å². The van der Waals surface area contributed by atoms with E-state index in [1.54, 1.807) is 25.2 Å². The first-order valence-corrected chi connectivity index (χ1v) is 6.92. The van der Waals surface area contributed by atoms with Crippen LogP contribution in [0.4, 0.5) is 4.39 Å². The summed E-state index contributed by atoms with van der Waals surface area (Å²) >= 11 is 0. The third-order valence-electron chi connectivity index (χ3n) is 3.05. The first kappa shape index (κ1) is 19.7. The van der Waals surface area contributed by atoms with Crippen LogP contribution in [-0.2, 0) is 4.79 Å². The maximum Gasteiger partial charge on any atom is 0.224 e. The molecule has 1 amide bonds. The molecule has 120 valence electrons. The van der Waals surface area contributed by atoms with Crippen LogP contribution in [0.2, 0.25) is 0 Å². The Kier molecular flexibility index (Phi) is 9.75. The minimum absolute atomic E-state index is 0. The van der Waals surface area contributed by atoms with E-state index in [2.05, 4.69) is 10.6 Å². The molecule has 0 aliphatic rings. The molecule has 2 atom stereocenters. The van der Waals surface area contributed by atoms with Gasteiger partial charge >= 0.3 is 0 Å². The number of carbonyl (C=O) groups excluding carboxylic acids is 1. The highest BCUT2D eigenvalue weighted by Crippen LogP contribution is 2.17. The highest BCUT2D eigenvalue weighted by atomic mass is 35.5. The molecule has 1 rings (SSSR count). The predicted molar refractivity (Wildman–Crippen MR) is 84.5 cm³/mol. The lowest BCUT2D eigenvalue weighted by molar-refractivity contribution is -0.124. The van der Waals surface area contributed by atoms with Gasteiger partial charge in [0.1, 0.15) is 6.10 Å². The average Bonchev–Trinajstić information content (AvgIpc) is 2.45. The number of hydrogen-bond donors (Lipinski definition) is 2. The molecule has 0 saturated carbocycles. The standard InChI is InChI=1S/C15H23FN2O2.ClH/c1-4-12(10-18-15(19)11(2)9-17-3)20-14-8-6-5-7-13(14)16;/h5-8,11-12,17H,4,9-10H2,1-3H3,(H,18,19);1H. The van der Waals surface area contributed by atoms with Crippen molar-refractivity contribution in [1.29, 1.82) is 0 Å². The van der Waals surface area contributed by atoms with Gasteiger partial charge in [0.15, 0.2) is 11.6 Å². The number of ether oxygens (including phenoxy) is 1. The van der Waals surface area contributed by atoms with Crippen molar-refractivity contribution in [2.24, 2.45) is 5.92 Å². The summed E-state index contributed by atoms with van der Waals surface area (Å²) in [7, 11) is 1.81. The van der Waals surface area contributed by atoms with Gasteiger partial charge in [0.2, 0.25) is 5.91 Å². The highest BCUT2D eigenvalue weighted by Gasteiger charge is 2.15. The molecule has 1 aromatic carbocycles. The summed E-state index contributed by atoms with van der Waals surface area (Å²) in [6.45, 7) is 4.79. The highest BCUT2D eigenvalue weighted by molar-refractivity contribution is 5.85. The third kappa shape index (κ3) is 6.78. The third-order valence-corrected chi connectivity index (χ3v) is 3.05. The van der Waals surface area contributed by atoms with Crippen molar-refractivity contribution in [2.75, 3.05) is 20.1 Å². The Labute approximate surface area is 131 Å². The Morgan fingerprint density at radius 3 is 2.57 bits per heavy atom. The molecule has 0 saturated heterocycles. The molecule has 0 radical (unpaired) electrons. The molecule has 0 heterocycles. The number of rotatable bonds is 8. The van der Waals surface area contributed by atoms with Crippen molar-refractivity contribution < 1.29 is 13.9 Å². The van der Waals surface area contributed by atoms with E-state index in [1.807, 2.05) is 13.8 Å². The zero-order valence-corrected chi connectivity index (χ0v) is 13.5. The topological polar surface area (TPSA) is 50.4 Å². The fraction of sp³-hybridized carbons (Fsp3) is 0.533. The summed E-state index contributed by atoms with van der Waals surface area (Å²) in [5, 5.41) is 5.79. The SMILES string of the molecule is CCC(CNC(=O)C(C)CNC)Oc1ccccc1F.Cl. The van der Waals surface area contributed by atoms with E-state index in [0.29, 0.717) is 19.5 Å². The number of carbonyl (C=O) groups is 1. The largest absolute Gasteiger partial charge is 0.486 e. The van der Waals surface area contributed by atoms with Crippen molar-refractivity contribution in [3.63, 3.8) is 0 Å². The van der Waals surface area contributed by atoms with Gasteiger partial charge in [0, 0.05) is 12.5 Å². The van der Waals surface area contributed by atoms with Gasteiger partial charge in [-0.25, -0.2) is 4.39 Å². The molecular formula is C15H24ClFN2O2. The van der Waals surface area contributed by atoms with Gasteiger partial charge in [-0.2, -0.15) is 0 Å². The molecule has 0 spiro atoms. The van der Waals surface area contributed by atoms with Gasteiger partial charge in [-0.3, -0.25) is 4.79 Å². The molecule has 0 aliphatic carbocycles. The number of benzene rings is 1. The van der Waals surface area contributed by atoms with Crippen molar-refractivity contribution in [1.82, 2.24) is 10.6 Å². The number of nitrogens with one attached hydrogen (secondary N) is 2. The van der Waals surface area contributed by atoms with Crippen molar-refractivity contribution >= 4 is 18.3 Å². The Hall–Kier alpha value is -1.33. The smallest absolute Gasteiger partial charge is 0.224 e. The first-order valence-electron chi connectivity index (χ1n) is 6.92. The molecule has 6 heteroatoms. The number of para-hydroxylation sites is 1. The maximum absolute atomic E-state index is 13.5. The number of hydrogen-bond acceptors (Lipinski definition) is 3. The molecule has 0 aromatic heterocycles. The van der Waals surface area contributed by atoms with E-state index >= 15 is 0 Å². The van der Waals surface area contributed by atoms with Crippen LogP contribution in [0.3, 0.4) is 0 Å². The molecule has 1 aromatic rings. The summed E-state index contributed by atoms with van der Waals surface area (Å²) in [6, 6.07) is 6.28. The van der Waals surface area contributed by atoms with Gasteiger partial charge in [-0.15, -0.1) is 12.4 Å². The number of amides is 1. The van der Waals surface area contributed by atoms with Crippen LogP contribution in [0.25, 0.3) is 0 Å². The van der Waals surface area contributed by atoms with Gasteiger partial charge in [0.05, 0.1) is 6.54 Å². The molecule has 0 fully saturated rings. The van der Waals surface area contributed by atoms with Gasteiger partial charge in [0.25, 0.3) is 0 Å². The van der Waals surface area contributed by atoms with Crippen LogP contribution in [0.5, 0.6) is 5.75 Å². The molecule has 4 nitrogen and oxygen atoms in total. The fourth-order valence-electron chi connectivity index (χ4n) is 1.78. The summed E-state index contributed by atoms with van der Waals surface area (Å²) in [5.74, 6) is -0.307. The molecule has 21 heavy (non-hydrogen) atoms. The number of halogens is 2. The van der Waals surface area contributed by atoms with Crippen LogP contribution in [0.1, 0.15) is 20.3 Å². The van der Waals surface area contributed by atoms with Crippen LogP contribution in [0, 0.1) is 11.7 Å². The Morgan fingerprint density at radius 1 is 1.33 bits per heavy atom. The van der Waals surface area contributed by atoms with E-state index in [4.69, 9.17) is 4.74 Å². The minimum atomic E-state index is -0.388. The summed E-state index contributed by atoms with van der Waals surface area (Å²) in [5.41, 5.74) is 0. The summed E-state index contributed by atoms with van der Waals surface area (Å²) in [4.78, 5) is 11.8. The van der Waals surface area contributed by atoms with E-state index in [9.17, 15) is 9.18 Å². The van der Waals surface area contributed by atoms with Crippen LogP contribution in [-0.4, -0.2) is 32.1 Å². The minimum Gasteiger partial charge on any atom is -0.486 e. The lowest BCUT2D eigenvalue weighted by Gasteiger charge is -2.20. The average molecular weight is 319 g/mol. The monoisotopic (exact) mass is 318 g/mol. The van der Waals surface area contributed by atoms with Crippen LogP contribution in [0.15, 0.2) is 24.3 Å². The summed E-state index contributed by atoms with van der Waals surface area (Å²) < 4.78 is 19.1. The first-order chi connectivity index (χ1) is 9.58. The molecule has 0 aliphatic heterocycles. The molecule has 2 N–H and O–H groups in total. The second kappa shape index (κ2) is 10.4. The van der Waals surface area contributed by atoms with Crippen molar-refractivity contribution in [2.45, 2.75) is 26.4 Å². The quantitative estimate of drug-likeness (QED) is 0.774. The molecule has 2 unspecified atom stereocenters. The van der Waals surface area contributed by atoms with Crippen molar-refractivity contribution in [3.8, 4) is 5.75 Å². The summed E-state index contributed by atoms with van der Waals surface area (Å²) in [6.07, 6.45) is 0.451. The van der Waals surface area contributed by atoms with Crippen molar-refractivity contribution in [3.05, 3.63) is 30.1 Å². The normalized spacial score (nSPS) is 13.0. The Bertz CT molecular complexity index is 432.